The molecule has 0 aromatic carbocycles. The van der Waals surface area contributed by atoms with Gasteiger partial charge in [0.1, 0.15) is 5.60 Å². The molecule has 2 aliphatic rings. The van der Waals surface area contributed by atoms with E-state index in [4.69, 9.17) is 4.74 Å². The smallest absolute Gasteiger partial charge is 0.411 e. The van der Waals surface area contributed by atoms with Gasteiger partial charge in [0.15, 0.2) is 0 Å². The third-order valence-corrected chi connectivity index (χ3v) is 2.81. The number of carbonyl (C=O) groups excluding carboxylic acids is 1. The first-order valence-corrected chi connectivity index (χ1v) is 5.55. The van der Waals surface area contributed by atoms with Gasteiger partial charge in [0, 0.05) is 29.9 Å². The van der Waals surface area contributed by atoms with Crippen molar-refractivity contribution in [2.75, 3.05) is 0 Å². The van der Waals surface area contributed by atoms with Crippen LogP contribution in [0.25, 0.3) is 0 Å². The zero-order valence-corrected chi connectivity index (χ0v) is 13.0. The SMILES string of the molecule is C.C.C.CC(C)(C)OC(=O)N1C2C=[C]CC1CC2.[Sn]. The monoisotopic (exact) mass is 376 g/mol. The second kappa shape index (κ2) is 8.88. The van der Waals surface area contributed by atoms with Crippen LogP contribution in [0.3, 0.4) is 0 Å². The molecule has 0 aromatic rings. The summed E-state index contributed by atoms with van der Waals surface area (Å²) in [6, 6.07) is 0.536. The molecule has 1 amide bonds. The number of hydrogen-bond donors (Lipinski definition) is 0. The Kier molecular flexibility index (Phi) is 11.2. The molecule has 19 heavy (non-hydrogen) atoms. The van der Waals surface area contributed by atoms with Crippen molar-refractivity contribution < 1.29 is 9.53 Å². The number of nitrogens with zero attached hydrogens (tertiary/aromatic N) is 1. The van der Waals surface area contributed by atoms with Gasteiger partial charge in [-0.05, 0) is 46.1 Å². The van der Waals surface area contributed by atoms with Crippen LogP contribution in [0, 0.1) is 6.08 Å². The Balaban J connectivity index is -0.000000640. The summed E-state index contributed by atoms with van der Waals surface area (Å²) in [6.45, 7) is 5.70. The maximum atomic E-state index is 11.9. The maximum absolute atomic E-state index is 11.9. The minimum atomic E-state index is -0.401. The molecule has 2 unspecified atom stereocenters. The fraction of sp³-hybridized carbons (Fsp3) is 0.800. The second-order valence-corrected chi connectivity index (χ2v) is 5.26. The van der Waals surface area contributed by atoms with E-state index in [-0.39, 0.29) is 58.3 Å². The number of carbonyl (C=O) groups is 1. The number of amides is 1. The molecule has 0 N–H and O–H groups in total. The molecule has 2 aliphatic heterocycles. The predicted molar refractivity (Wildman–Crippen MR) is 83.3 cm³/mol. The van der Waals surface area contributed by atoms with Crippen LogP contribution in [0.5, 0.6) is 0 Å². The normalized spacial score (nSPS) is 23.2. The first kappa shape index (κ1) is 23.9. The average molecular weight is 375 g/mol. The summed E-state index contributed by atoms with van der Waals surface area (Å²) in [5.41, 5.74) is -0.401. The molecule has 0 aliphatic carbocycles. The number of rotatable bonds is 0. The van der Waals surface area contributed by atoms with Crippen LogP contribution in [0.15, 0.2) is 6.08 Å². The van der Waals surface area contributed by atoms with Gasteiger partial charge in [-0.2, -0.15) is 0 Å². The molecule has 2 rings (SSSR count). The molecule has 2 bridgehead atoms. The van der Waals surface area contributed by atoms with Crippen molar-refractivity contribution in [3.8, 4) is 0 Å². The summed E-state index contributed by atoms with van der Waals surface area (Å²) in [5, 5.41) is 0. The Morgan fingerprint density at radius 2 is 1.84 bits per heavy atom. The summed E-state index contributed by atoms with van der Waals surface area (Å²) < 4.78 is 5.40. The van der Waals surface area contributed by atoms with Crippen molar-refractivity contribution in [2.24, 2.45) is 0 Å². The van der Waals surface area contributed by atoms with Crippen LogP contribution in [0.1, 0.15) is 62.3 Å². The van der Waals surface area contributed by atoms with Crippen molar-refractivity contribution >= 4 is 30.0 Å². The molecule has 111 valence electrons. The van der Waals surface area contributed by atoms with Crippen LogP contribution < -0.4 is 0 Å². The van der Waals surface area contributed by atoms with Gasteiger partial charge in [-0.3, -0.25) is 4.90 Å². The van der Waals surface area contributed by atoms with Gasteiger partial charge in [-0.15, -0.1) is 0 Å². The van der Waals surface area contributed by atoms with E-state index in [0.29, 0.717) is 6.04 Å². The molecular weight excluding hydrogens is 345 g/mol. The van der Waals surface area contributed by atoms with Gasteiger partial charge in [-0.25, -0.2) is 4.79 Å². The Morgan fingerprint density at radius 3 is 2.32 bits per heavy atom. The van der Waals surface area contributed by atoms with E-state index in [0.717, 1.165) is 19.3 Å². The fourth-order valence-corrected chi connectivity index (χ4v) is 2.22. The zero-order valence-electron chi connectivity index (χ0n) is 10.1. The molecule has 2 atom stereocenters. The summed E-state index contributed by atoms with van der Waals surface area (Å²) >= 11 is 0. The molecule has 1 fully saturated rings. The first-order chi connectivity index (χ1) is 6.97. The van der Waals surface area contributed by atoms with Gasteiger partial charge in [0.2, 0.25) is 0 Å². The van der Waals surface area contributed by atoms with E-state index >= 15 is 0 Å². The molecular formula is C15H30NO2Sn. The minimum absolute atomic E-state index is 0. The van der Waals surface area contributed by atoms with Crippen LogP contribution in [-0.2, 0) is 4.74 Å². The van der Waals surface area contributed by atoms with Crippen molar-refractivity contribution in [1.82, 2.24) is 4.90 Å². The fourth-order valence-electron chi connectivity index (χ4n) is 2.22. The Hall–Kier alpha value is -0.191. The largest absolute Gasteiger partial charge is 0.444 e. The van der Waals surface area contributed by atoms with E-state index in [9.17, 15) is 4.79 Å². The van der Waals surface area contributed by atoms with Crippen molar-refractivity contribution in [2.45, 2.75) is 80.0 Å². The zero-order chi connectivity index (χ0) is 11.1. The van der Waals surface area contributed by atoms with E-state index in [1.807, 2.05) is 31.7 Å². The number of fused-ring (bicyclic) bond motifs is 2. The summed E-state index contributed by atoms with van der Waals surface area (Å²) in [5.74, 6) is 0. The molecule has 3 nitrogen and oxygen atoms in total. The molecule has 0 saturated carbocycles. The molecule has 1 saturated heterocycles. The van der Waals surface area contributed by atoms with Crippen LogP contribution in [0.2, 0.25) is 0 Å². The predicted octanol–water partition coefficient (Wildman–Crippen LogP) is 4.05. The van der Waals surface area contributed by atoms with Gasteiger partial charge in [-0.1, -0.05) is 28.4 Å². The van der Waals surface area contributed by atoms with Gasteiger partial charge in [0.05, 0.1) is 6.04 Å². The molecule has 4 heteroatoms. The van der Waals surface area contributed by atoms with Crippen LogP contribution >= 0.6 is 0 Å². The van der Waals surface area contributed by atoms with Crippen LogP contribution in [-0.4, -0.2) is 52.6 Å². The van der Waals surface area contributed by atoms with Gasteiger partial charge < -0.3 is 4.74 Å². The number of ether oxygens (including phenoxy) is 1. The Labute approximate surface area is 136 Å². The summed E-state index contributed by atoms with van der Waals surface area (Å²) in [7, 11) is 0. The quantitative estimate of drug-likeness (QED) is 0.598. The Bertz CT molecular complexity index is 297. The molecule has 0 spiro atoms. The average Bonchev–Trinajstić information content (AvgIpc) is 2.34. The Morgan fingerprint density at radius 1 is 1.26 bits per heavy atom. The number of hydrogen-bond acceptors (Lipinski definition) is 2. The molecule has 5 radical (unpaired) electrons. The third kappa shape index (κ3) is 5.76. The van der Waals surface area contributed by atoms with Crippen molar-refractivity contribution in [3.63, 3.8) is 0 Å². The van der Waals surface area contributed by atoms with Gasteiger partial charge >= 0.3 is 6.09 Å². The summed E-state index contributed by atoms with van der Waals surface area (Å²) in [6.07, 6.45) is 8.04. The second-order valence-electron chi connectivity index (χ2n) is 5.26. The summed E-state index contributed by atoms with van der Waals surface area (Å²) in [4.78, 5) is 13.8. The van der Waals surface area contributed by atoms with E-state index in [1.165, 1.54) is 0 Å². The van der Waals surface area contributed by atoms with E-state index in [2.05, 4.69) is 6.08 Å². The molecule has 0 aromatic heterocycles. The standard InChI is InChI=1S/C12H18NO2.3CH4.Sn/c1-12(2,3)15-11(14)13-9-5-4-6-10(13)8-7-9;;;;/h5,9-10H,6-8H2,1-3H3;3*1H4;. The third-order valence-electron chi connectivity index (χ3n) is 2.81. The minimum Gasteiger partial charge on any atom is -0.444 e. The van der Waals surface area contributed by atoms with E-state index < -0.39 is 5.60 Å². The maximum Gasteiger partial charge on any atom is 0.411 e. The first-order valence-electron chi connectivity index (χ1n) is 5.55. The van der Waals surface area contributed by atoms with E-state index in [1.54, 1.807) is 0 Å². The topological polar surface area (TPSA) is 29.5 Å². The van der Waals surface area contributed by atoms with Crippen molar-refractivity contribution in [3.05, 3.63) is 12.2 Å². The molecule has 2 heterocycles. The van der Waals surface area contributed by atoms with Gasteiger partial charge in [0.25, 0.3) is 0 Å². The van der Waals surface area contributed by atoms with Crippen LogP contribution in [0.4, 0.5) is 4.79 Å². The van der Waals surface area contributed by atoms with Crippen molar-refractivity contribution in [1.29, 1.82) is 0 Å².